The SMILES string of the molecule is Cc1ncc(N)cc1C(=O)OCc1ccc(C(C)C)cc1. The Hall–Kier alpha value is -2.36. The Morgan fingerprint density at radius 2 is 1.95 bits per heavy atom. The zero-order valence-corrected chi connectivity index (χ0v) is 12.6. The number of hydrogen-bond donors (Lipinski definition) is 1. The monoisotopic (exact) mass is 284 g/mol. The standard InChI is InChI=1S/C17H20N2O2/c1-11(2)14-6-4-13(5-7-14)10-21-17(20)16-8-15(18)9-19-12(16)3/h4-9,11H,10,18H2,1-3H3. The third kappa shape index (κ3) is 3.81. The zero-order valence-electron chi connectivity index (χ0n) is 12.6. The van der Waals surface area contributed by atoms with Gasteiger partial charge in [-0.05, 0) is 30.0 Å². The largest absolute Gasteiger partial charge is 0.457 e. The van der Waals surface area contributed by atoms with Gasteiger partial charge in [0, 0.05) is 0 Å². The Morgan fingerprint density at radius 1 is 1.29 bits per heavy atom. The Bertz CT molecular complexity index is 634. The summed E-state index contributed by atoms with van der Waals surface area (Å²) in [4.78, 5) is 16.1. The minimum absolute atomic E-state index is 0.242. The number of ether oxygens (including phenoxy) is 1. The van der Waals surface area contributed by atoms with Crippen molar-refractivity contribution in [3.8, 4) is 0 Å². The van der Waals surface area contributed by atoms with Crippen LogP contribution in [0.3, 0.4) is 0 Å². The van der Waals surface area contributed by atoms with Gasteiger partial charge in [0.1, 0.15) is 6.61 Å². The molecule has 0 spiro atoms. The van der Waals surface area contributed by atoms with Crippen molar-refractivity contribution in [2.75, 3.05) is 5.73 Å². The summed E-state index contributed by atoms with van der Waals surface area (Å²) in [5.74, 6) is 0.0860. The molecule has 0 unspecified atom stereocenters. The molecule has 0 aliphatic heterocycles. The molecule has 1 heterocycles. The second kappa shape index (κ2) is 6.39. The van der Waals surface area contributed by atoms with Gasteiger partial charge in [0.15, 0.2) is 0 Å². The maximum absolute atomic E-state index is 12.0. The molecule has 2 rings (SSSR count). The average Bonchev–Trinajstić information content (AvgIpc) is 2.47. The van der Waals surface area contributed by atoms with Gasteiger partial charge in [-0.25, -0.2) is 4.79 Å². The topological polar surface area (TPSA) is 65.2 Å². The third-order valence-electron chi connectivity index (χ3n) is 3.34. The van der Waals surface area contributed by atoms with Crippen LogP contribution in [0.4, 0.5) is 5.69 Å². The number of nitrogen functional groups attached to an aromatic ring is 1. The number of anilines is 1. The predicted molar refractivity (Wildman–Crippen MR) is 83.0 cm³/mol. The summed E-state index contributed by atoms with van der Waals surface area (Å²) < 4.78 is 5.32. The third-order valence-corrected chi connectivity index (χ3v) is 3.34. The van der Waals surface area contributed by atoms with Crippen LogP contribution in [-0.4, -0.2) is 11.0 Å². The summed E-state index contributed by atoms with van der Waals surface area (Å²) in [6.07, 6.45) is 1.52. The summed E-state index contributed by atoms with van der Waals surface area (Å²) in [5, 5.41) is 0. The number of benzene rings is 1. The van der Waals surface area contributed by atoms with Gasteiger partial charge in [0.05, 0.1) is 23.1 Å². The first kappa shape index (κ1) is 15.0. The summed E-state index contributed by atoms with van der Waals surface area (Å²) in [6.45, 7) is 6.29. The summed E-state index contributed by atoms with van der Waals surface area (Å²) >= 11 is 0. The van der Waals surface area contributed by atoms with E-state index in [1.807, 2.05) is 12.1 Å². The highest BCUT2D eigenvalue weighted by Crippen LogP contribution is 2.16. The number of nitrogens with zero attached hydrogens (tertiary/aromatic N) is 1. The van der Waals surface area contributed by atoms with Crippen molar-refractivity contribution in [2.24, 2.45) is 0 Å². The van der Waals surface area contributed by atoms with Gasteiger partial charge in [0.2, 0.25) is 0 Å². The van der Waals surface area contributed by atoms with Gasteiger partial charge in [0.25, 0.3) is 0 Å². The van der Waals surface area contributed by atoms with E-state index in [2.05, 4.69) is 31.0 Å². The van der Waals surface area contributed by atoms with Crippen molar-refractivity contribution < 1.29 is 9.53 Å². The van der Waals surface area contributed by atoms with Crippen LogP contribution in [0.2, 0.25) is 0 Å². The van der Waals surface area contributed by atoms with Crippen LogP contribution in [0.25, 0.3) is 0 Å². The molecular weight excluding hydrogens is 264 g/mol. The van der Waals surface area contributed by atoms with Gasteiger partial charge in [-0.15, -0.1) is 0 Å². The molecule has 1 aromatic carbocycles. The quantitative estimate of drug-likeness (QED) is 0.873. The summed E-state index contributed by atoms with van der Waals surface area (Å²) in [5.41, 5.74) is 9.35. The zero-order chi connectivity index (χ0) is 15.4. The smallest absolute Gasteiger partial charge is 0.340 e. The highest BCUT2D eigenvalue weighted by atomic mass is 16.5. The Morgan fingerprint density at radius 3 is 2.57 bits per heavy atom. The Labute approximate surface area is 125 Å². The molecule has 0 bridgehead atoms. The number of rotatable bonds is 4. The van der Waals surface area contributed by atoms with E-state index >= 15 is 0 Å². The molecule has 0 saturated heterocycles. The normalized spacial score (nSPS) is 10.7. The van der Waals surface area contributed by atoms with Crippen molar-refractivity contribution in [3.05, 3.63) is 58.9 Å². The van der Waals surface area contributed by atoms with E-state index in [0.29, 0.717) is 22.9 Å². The summed E-state index contributed by atoms with van der Waals surface area (Å²) in [6, 6.07) is 9.66. The number of hydrogen-bond acceptors (Lipinski definition) is 4. The molecule has 0 saturated carbocycles. The van der Waals surface area contributed by atoms with E-state index < -0.39 is 5.97 Å². The average molecular weight is 284 g/mol. The highest BCUT2D eigenvalue weighted by molar-refractivity contribution is 5.91. The van der Waals surface area contributed by atoms with Crippen LogP contribution in [0, 0.1) is 6.92 Å². The minimum Gasteiger partial charge on any atom is -0.457 e. The van der Waals surface area contributed by atoms with Crippen molar-refractivity contribution in [1.82, 2.24) is 4.98 Å². The first-order valence-corrected chi connectivity index (χ1v) is 6.95. The van der Waals surface area contributed by atoms with E-state index in [4.69, 9.17) is 10.5 Å². The van der Waals surface area contributed by atoms with Crippen molar-refractivity contribution >= 4 is 11.7 Å². The fourth-order valence-corrected chi connectivity index (χ4v) is 1.98. The van der Waals surface area contributed by atoms with Gasteiger partial charge in [-0.2, -0.15) is 0 Å². The van der Waals surface area contributed by atoms with Crippen LogP contribution < -0.4 is 5.73 Å². The second-order valence-electron chi connectivity index (χ2n) is 5.37. The van der Waals surface area contributed by atoms with Crippen LogP contribution in [0.1, 0.15) is 46.9 Å². The number of aromatic nitrogens is 1. The lowest BCUT2D eigenvalue weighted by Crippen LogP contribution is -2.09. The summed E-state index contributed by atoms with van der Waals surface area (Å²) in [7, 11) is 0. The molecule has 0 aliphatic carbocycles. The second-order valence-corrected chi connectivity index (χ2v) is 5.37. The number of pyridine rings is 1. The van der Waals surface area contributed by atoms with Gasteiger partial charge in [-0.3, -0.25) is 4.98 Å². The van der Waals surface area contributed by atoms with Gasteiger partial charge in [-0.1, -0.05) is 38.1 Å². The fraction of sp³-hybridized carbons (Fsp3) is 0.294. The molecule has 0 aliphatic rings. The van der Waals surface area contributed by atoms with E-state index in [9.17, 15) is 4.79 Å². The molecule has 21 heavy (non-hydrogen) atoms. The molecule has 0 fully saturated rings. The van der Waals surface area contributed by atoms with Crippen molar-refractivity contribution in [1.29, 1.82) is 0 Å². The molecule has 4 nitrogen and oxygen atoms in total. The van der Waals surface area contributed by atoms with E-state index in [1.54, 1.807) is 13.0 Å². The van der Waals surface area contributed by atoms with Gasteiger partial charge < -0.3 is 10.5 Å². The molecule has 0 radical (unpaired) electrons. The molecule has 0 atom stereocenters. The Balaban J connectivity index is 2.02. The number of nitrogens with two attached hydrogens (primary N) is 1. The lowest BCUT2D eigenvalue weighted by molar-refractivity contribution is 0.0471. The van der Waals surface area contributed by atoms with Crippen molar-refractivity contribution in [2.45, 2.75) is 33.3 Å². The van der Waals surface area contributed by atoms with E-state index in [1.165, 1.54) is 11.8 Å². The molecule has 110 valence electrons. The van der Waals surface area contributed by atoms with Crippen LogP contribution in [0.5, 0.6) is 0 Å². The molecule has 1 aromatic heterocycles. The number of carbonyl (C=O) groups is 1. The number of esters is 1. The fourth-order valence-electron chi connectivity index (χ4n) is 1.98. The van der Waals surface area contributed by atoms with Crippen LogP contribution in [0.15, 0.2) is 36.5 Å². The van der Waals surface area contributed by atoms with E-state index in [-0.39, 0.29) is 6.61 Å². The number of carbonyl (C=O) groups excluding carboxylic acids is 1. The number of aryl methyl sites for hydroxylation is 1. The maximum Gasteiger partial charge on any atom is 0.340 e. The molecule has 4 heteroatoms. The highest BCUT2D eigenvalue weighted by Gasteiger charge is 2.12. The maximum atomic E-state index is 12.0. The minimum atomic E-state index is -0.403. The van der Waals surface area contributed by atoms with Gasteiger partial charge >= 0.3 is 5.97 Å². The van der Waals surface area contributed by atoms with Crippen LogP contribution >= 0.6 is 0 Å². The molecule has 2 aromatic rings. The molecule has 2 N–H and O–H groups in total. The first-order valence-electron chi connectivity index (χ1n) is 6.95. The lowest BCUT2D eigenvalue weighted by Gasteiger charge is -2.09. The van der Waals surface area contributed by atoms with E-state index in [0.717, 1.165) is 5.56 Å². The van der Waals surface area contributed by atoms with Crippen LogP contribution in [-0.2, 0) is 11.3 Å². The Kier molecular flexibility index (Phi) is 4.58. The van der Waals surface area contributed by atoms with Crippen molar-refractivity contribution in [3.63, 3.8) is 0 Å². The molecule has 0 amide bonds. The predicted octanol–water partition coefficient (Wildman–Crippen LogP) is 3.45. The molecular formula is C17H20N2O2. The lowest BCUT2D eigenvalue weighted by atomic mass is 10.0. The first-order chi connectivity index (χ1) is 9.97.